The number of carbonyl (C=O) groups excluding carboxylic acids is 1. The van der Waals surface area contributed by atoms with Crippen molar-refractivity contribution in [1.82, 2.24) is 10.2 Å². The quantitative estimate of drug-likeness (QED) is 0.620. The van der Waals surface area contributed by atoms with Crippen LogP contribution in [0, 0.1) is 5.41 Å². The zero-order chi connectivity index (χ0) is 18.7. The van der Waals surface area contributed by atoms with E-state index in [1.165, 1.54) is 0 Å². The average Bonchev–Trinajstić information content (AvgIpc) is 2.84. The number of furan rings is 1. The molecule has 0 aromatic carbocycles. The van der Waals surface area contributed by atoms with Crippen molar-refractivity contribution >= 4 is 38.0 Å². The van der Waals surface area contributed by atoms with Crippen molar-refractivity contribution in [3.05, 3.63) is 21.0 Å². The van der Waals surface area contributed by atoms with Crippen LogP contribution in [0.2, 0.25) is 0 Å². The number of carbonyl (C=O) groups is 1. The van der Waals surface area contributed by atoms with Gasteiger partial charge in [0.05, 0.1) is 11.0 Å². The van der Waals surface area contributed by atoms with E-state index in [0.29, 0.717) is 6.54 Å². The molecule has 1 aromatic rings. The van der Waals surface area contributed by atoms with Crippen LogP contribution < -0.4 is 5.32 Å². The Hall–Kier alpha value is -0.530. The first-order valence-electron chi connectivity index (χ1n) is 8.76. The van der Waals surface area contributed by atoms with Crippen LogP contribution in [0.5, 0.6) is 0 Å². The molecule has 2 heterocycles. The van der Waals surface area contributed by atoms with Gasteiger partial charge in [-0.05, 0) is 83.4 Å². The number of rotatable bonds is 5. The van der Waals surface area contributed by atoms with Gasteiger partial charge in [0.15, 0.2) is 4.67 Å². The molecule has 0 saturated carbocycles. The molecule has 0 aliphatic carbocycles. The minimum absolute atomic E-state index is 0.199. The maximum Gasteiger partial charge on any atom is 0.410 e. The number of piperidine rings is 1. The van der Waals surface area contributed by atoms with E-state index in [1.807, 2.05) is 31.7 Å². The predicted octanol–water partition coefficient (Wildman–Crippen LogP) is 5.32. The van der Waals surface area contributed by atoms with Crippen LogP contribution in [-0.2, 0) is 11.3 Å². The number of likely N-dealkylation sites (tertiary alicyclic amines) is 1. The molecular formula is C18H28Br2N2O3. The Morgan fingerprint density at radius 2 is 2.00 bits per heavy atom. The van der Waals surface area contributed by atoms with E-state index < -0.39 is 5.60 Å². The summed E-state index contributed by atoms with van der Waals surface area (Å²) in [7, 11) is 0. The molecule has 0 radical (unpaired) electrons. The molecule has 2 rings (SSSR count). The summed E-state index contributed by atoms with van der Waals surface area (Å²) in [6.45, 7) is 11.1. The summed E-state index contributed by atoms with van der Waals surface area (Å²) in [5, 5.41) is 3.52. The van der Waals surface area contributed by atoms with E-state index in [-0.39, 0.29) is 11.5 Å². The first kappa shape index (κ1) is 20.8. The second-order valence-electron chi connectivity index (χ2n) is 7.76. The molecule has 0 bridgehead atoms. The van der Waals surface area contributed by atoms with Gasteiger partial charge in [-0.25, -0.2) is 4.79 Å². The van der Waals surface area contributed by atoms with Crippen molar-refractivity contribution in [2.45, 2.75) is 59.1 Å². The van der Waals surface area contributed by atoms with Gasteiger partial charge in [-0.3, -0.25) is 0 Å². The molecule has 0 atom stereocenters. The first-order valence-corrected chi connectivity index (χ1v) is 10.3. The summed E-state index contributed by atoms with van der Waals surface area (Å²) in [6, 6.07) is 1.97. The van der Waals surface area contributed by atoms with E-state index in [2.05, 4.69) is 44.1 Å². The Kier molecular flexibility index (Phi) is 7.01. The maximum absolute atomic E-state index is 12.2. The fourth-order valence-electron chi connectivity index (χ4n) is 3.07. The molecule has 1 saturated heterocycles. The predicted molar refractivity (Wildman–Crippen MR) is 106 cm³/mol. The smallest absolute Gasteiger partial charge is 0.410 e. The van der Waals surface area contributed by atoms with Crippen molar-refractivity contribution in [2.75, 3.05) is 19.6 Å². The maximum atomic E-state index is 12.2. The van der Waals surface area contributed by atoms with Gasteiger partial charge in [0, 0.05) is 19.6 Å². The highest BCUT2D eigenvalue weighted by Gasteiger charge is 2.35. The third kappa shape index (κ3) is 6.00. The number of hydrogen-bond acceptors (Lipinski definition) is 4. The number of halogens is 2. The lowest BCUT2D eigenvalue weighted by Gasteiger charge is -2.41. The Morgan fingerprint density at radius 3 is 2.48 bits per heavy atom. The highest BCUT2D eigenvalue weighted by molar-refractivity contribution is 9.13. The minimum Gasteiger partial charge on any atom is -0.452 e. The largest absolute Gasteiger partial charge is 0.452 e. The van der Waals surface area contributed by atoms with Crippen molar-refractivity contribution in [2.24, 2.45) is 5.41 Å². The van der Waals surface area contributed by atoms with Crippen LogP contribution in [0.25, 0.3) is 0 Å². The van der Waals surface area contributed by atoms with E-state index in [4.69, 9.17) is 9.15 Å². The average molecular weight is 480 g/mol. The molecule has 0 spiro atoms. The number of nitrogens with one attached hydrogen (secondary N) is 1. The van der Waals surface area contributed by atoms with Gasteiger partial charge in [0.1, 0.15) is 11.4 Å². The molecule has 1 aromatic heterocycles. The topological polar surface area (TPSA) is 54.7 Å². The van der Waals surface area contributed by atoms with Gasteiger partial charge in [-0.2, -0.15) is 0 Å². The number of ether oxygens (including phenoxy) is 1. The van der Waals surface area contributed by atoms with Crippen molar-refractivity contribution in [1.29, 1.82) is 0 Å². The minimum atomic E-state index is -0.441. The van der Waals surface area contributed by atoms with Crippen molar-refractivity contribution < 1.29 is 13.9 Å². The summed E-state index contributed by atoms with van der Waals surface area (Å²) >= 11 is 6.79. The SMILES string of the molecule is CCC1(CNCc2cc(Br)c(Br)o2)CCN(C(=O)OC(C)(C)C)CC1. The lowest BCUT2D eigenvalue weighted by molar-refractivity contribution is 0.00939. The van der Waals surface area contributed by atoms with Crippen LogP contribution in [0.3, 0.4) is 0 Å². The normalized spacial score (nSPS) is 17.6. The van der Waals surface area contributed by atoms with E-state index >= 15 is 0 Å². The van der Waals surface area contributed by atoms with Crippen LogP contribution in [0.15, 0.2) is 19.6 Å². The zero-order valence-corrected chi connectivity index (χ0v) is 18.6. The monoisotopic (exact) mass is 478 g/mol. The molecule has 1 fully saturated rings. The van der Waals surface area contributed by atoms with Crippen LogP contribution in [0.4, 0.5) is 4.79 Å². The van der Waals surface area contributed by atoms with E-state index in [9.17, 15) is 4.79 Å². The van der Waals surface area contributed by atoms with E-state index in [1.54, 1.807) is 0 Å². The fraction of sp³-hybridized carbons (Fsp3) is 0.722. The van der Waals surface area contributed by atoms with Gasteiger partial charge >= 0.3 is 6.09 Å². The Labute approximate surface area is 167 Å². The zero-order valence-electron chi connectivity index (χ0n) is 15.5. The number of hydrogen-bond donors (Lipinski definition) is 1. The molecule has 1 N–H and O–H groups in total. The van der Waals surface area contributed by atoms with Gasteiger partial charge in [-0.1, -0.05) is 6.92 Å². The molecule has 142 valence electrons. The molecule has 5 nitrogen and oxygen atoms in total. The van der Waals surface area contributed by atoms with Gasteiger partial charge < -0.3 is 19.4 Å². The van der Waals surface area contributed by atoms with Crippen molar-refractivity contribution in [3.63, 3.8) is 0 Å². The van der Waals surface area contributed by atoms with Crippen LogP contribution >= 0.6 is 31.9 Å². The molecule has 1 aliphatic heterocycles. The summed E-state index contributed by atoms with van der Waals surface area (Å²) in [4.78, 5) is 14.0. The molecule has 7 heteroatoms. The Balaban J connectivity index is 1.83. The number of amides is 1. The lowest BCUT2D eigenvalue weighted by Crippen LogP contribution is -2.48. The summed E-state index contributed by atoms with van der Waals surface area (Å²) in [5.74, 6) is 0.899. The summed E-state index contributed by atoms with van der Waals surface area (Å²) in [6.07, 6.45) is 2.87. The highest BCUT2D eigenvalue weighted by Crippen LogP contribution is 2.35. The standard InChI is InChI=1S/C18H28Br2N2O3/c1-5-18(12-21-11-13-10-14(19)15(20)24-13)6-8-22(9-7-18)16(23)25-17(2,3)4/h10,21H,5-9,11-12H2,1-4H3. The number of nitrogens with zero attached hydrogens (tertiary/aromatic N) is 1. The lowest BCUT2D eigenvalue weighted by atomic mass is 9.76. The molecule has 0 unspecified atom stereocenters. The molecule has 1 amide bonds. The van der Waals surface area contributed by atoms with Gasteiger partial charge in [0.25, 0.3) is 0 Å². The summed E-state index contributed by atoms with van der Waals surface area (Å²) in [5.41, 5.74) is -0.219. The molecule has 25 heavy (non-hydrogen) atoms. The second-order valence-corrected chi connectivity index (χ2v) is 9.33. The van der Waals surface area contributed by atoms with Crippen LogP contribution in [0.1, 0.15) is 52.7 Å². The van der Waals surface area contributed by atoms with Gasteiger partial charge in [-0.15, -0.1) is 0 Å². The third-order valence-electron chi connectivity index (χ3n) is 4.72. The molecular weight excluding hydrogens is 452 g/mol. The highest BCUT2D eigenvalue weighted by atomic mass is 79.9. The Morgan fingerprint density at radius 1 is 1.36 bits per heavy atom. The fourth-order valence-corrected chi connectivity index (χ4v) is 3.73. The first-order chi connectivity index (χ1) is 11.6. The van der Waals surface area contributed by atoms with Crippen LogP contribution in [-0.4, -0.2) is 36.2 Å². The third-order valence-corrected chi connectivity index (χ3v) is 6.43. The summed E-state index contributed by atoms with van der Waals surface area (Å²) < 4.78 is 12.7. The van der Waals surface area contributed by atoms with Crippen molar-refractivity contribution in [3.8, 4) is 0 Å². The van der Waals surface area contributed by atoms with Gasteiger partial charge in [0.2, 0.25) is 0 Å². The Bertz CT molecular complexity index is 568. The molecule has 1 aliphatic rings. The second kappa shape index (κ2) is 8.44. The van der Waals surface area contributed by atoms with E-state index in [0.717, 1.165) is 53.8 Å².